The van der Waals surface area contributed by atoms with Gasteiger partial charge in [0.1, 0.15) is 39.5 Å². The molecule has 0 unspecified atom stereocenters. The summed E-state index contributed by atoms with van der Waals surface area (Å²) in [6.45, 7) is 1.50. The smallest absolute Gasteiger partial charge is 0.351 e. The number of methoxy groups -OCH3 is 2. The van der Waals surface area contributed by atoms with Crippen molar-refractivity contribution < 1.29 is 43.5 Å². The van der Waals surface area contributed by atoms with Crippen LogP contribution in [0.25, 0.3) is 10.8 Å². The number of fused-ring (bicyclic) bond motifs is 1. The standard InChI is InChI=1S/C20H16O10/c1-8-4-9-5-12(21)15(16(23)14(9)19(25)29-8)20(26)30-17-11(18(24)28-3)6-10(27-2)7-13(17)22/h4-7,21-23H,1-3H3. The number of carbonyl (C=O) groups excluding carboxylic acids is 2. The van der Waals surface area contributed by atoms with Gasteiger partial charge in [-0.15, -0.1) is 0 Å². The van der Waals surface area contributed by atoms with Gasteiger partial charge >= 0.3 is 17.6 Å². The molecule has 3 N–H and O–H groups in total. The lowest BCUT2D eigenvalue weighted by atomic mass is 10.1. The molecule has 1 aromatic heterocycles. The van der Waals surface area contributed by atoms with Gasteiger partial charge in [0.15, 0.2) is 11.5 Å². The Balaban J connectivity index is 2.15. The molecule has 0 saturated carbocycles. The van der Waals surface area contributed by atoms with Crippen LogP contribution in [0.2, 0.25) is 0 Å². The maximum Gasteiger partial charge on any atom is 0.351 e. The zero-order valence-corrected chi connectivity index (χ0v) is 16.0. The molecule has 0 atom stereocenters. The second-order valence-corrected chi connectivity index (χ2v) is 6.13. The van der Waals surface area contributed by atoms with E-state index in [0.717, 1.165) is 25.3 Å². The molecule has 0 aliphatic rings. The molecule has 0 radical (unpaired) electrons. The van der Waals surface area contributed by atoms with E-state index in [4.69, 9.17) is 13.9 Å². The van der Waals surface area contributed by atoms with Crippen molar-refractivity contribution in [1.82, 2.24) is 0 Å². The van der Waals surface area contributed by atoms with Crippen LogP contribution in [0.4, 0.5) is 0 Å². The quantitative estimate of drug-likeness (QED) is 0.426. The van der Waals surface area contributed by atoms with E-state index < -0.39 is 46.1 Å². The van der Waals surface area contributed by atoms with Crippen LogP contribution in [0.15, 0.2) is 33.5 Å². The highest BCUT2D eigenvalue weighted by Gasteiger charge is 2.27. The normalized spacial score (nSPS) is 10.6. The summed E-state index contributed by atoms with van der Waals surface area (Å²) < 4.78 is 19.5. The Bertz CT molecular complexity index is 1240. The zero-order chi connectivity index (χ0) is 22.2. The maximum atomic E-state index is 12.7. The van der Waals surface area contributed by atoms with E-state index in [1.165, 1.54) is 20.1 Å². The molecule has 2 aromatic carbocycles. The number of hydrogen-bond acceptors (Lipinski definition) is 10. The molecule has 30 heavy (non-hydrogen) atoms. The second kappa shape index (κ2) is 7.66. The number of rotatable bonds is 4. The van der Waals surface area contributed by atoms with Crippen LogP contribution in [0.3, 0.4) is 0 Å². The first-order chi connectivity index (χ1) is 14.2. The predicted octanol–water partition coefficient (Wildman–Crippen LogP) is 2.23. The summed E-state index contributed by atoms with van der Waals surface area (Å²) in [4.78, 5) is 36.8. The zero-order valence-electron chi connectivity index (χ0n) is 16.0. The summed E-state index contributed by atoms with van der Waals surface area (Å²) in [6.07, 6.45) is 0. The van der Waals surface area contributed by atoms with Crippen LogP contribution in [-0.2, 0) is 4.74 Å². The topological polar surface area (TPSA) is 153 Å². The SMILES string of the molecule is COC(=O)c1cc(OC)cc(O)c1OC(=O)c1c(O)cc2cc(C)oc(=O)c2c1O. The van der Waals surface area contributed by atoms with Gasteiger partial charge in [0.2, 0.25) is 0 Å². The minimum atomic E-state index is -1.35. The molecule has 0 bridgehead atoms. The van der Waals surface area contributed by atoms with Gasteiger partial charge in [-0.2, -0.15) is 0 Å². The van der Waals surface area contributed by atoms with E-state index in [9.17, 15) is 29.7 Å². The van der Waals surface area contributed by atoms with Gasteiger partial charge in [-0.1, -0.05) is 0 Å². The van der Waals surface area contributed by atoms with E-state index in [1.807, 2.05) is 0 Å². The van der Waals surface area contributed by atoms with Crippen molar-refractivity contribution in [1.29, 1.82) is 0 Å². The van der Waals surface area contributed by atoms with Crippen molar-refractivity contribution in [3.63, 3.8) is 0 Å². The number of carbonyl (C=O) groups is 2. The first-order valence-electron chi connectivity index (χ1n) is 8.38. The number of phenols is 3. The lowest BCUT2D eigenvalue weighted by Gasteiger charge is -2.14. The van der Waals surface area contributed by atoms with E-state index >= 15 is 0 Å². The monoisotopic (exact) mass is 416 g/mol. The van der Waals surface area contributed by atoms with Crippen molar-refractivity contribution in [2.24, 2.45) is 0 Å². The summed E-state index contributed by atoms with van der Waals surface area (Å²) in [6, 6.07) is 4.69. The van der Waals surface area contributed by atoms with Crippen molar-refractivity contribution in [2.75, 3.05) is 14.2 Å². The number of aryl methyl sites for hydroxylation is 1. The Hall–Kier alpha value is -4.21. The third-order valence-electron chi connectivity index (χ3n) is 4.21. The Morgan fingerprint density at radius 2 is 1.67 bits per heavy atom. The van der Waals surface area contributed by atoms with Crippen molar-refractivity contribution in [2.45, 2.75) is 6.92 Å². The highest BCUT2D eigenvalue weighted by Crippen LogP contribution is 2.39. The van der Waals surface area contributed by atoms with E-state index in [0.29, 0.717) is 0 Å². The molecule has 0 spiro atoms. The molecule has 156 valence electrons. The van der Waals surface area contributed by atoms with Gasteiger partial charge in [0.25, 0.3) is 0 Å². The molecule has 0 aliphatic heterocycles. The first kappa shape index (κ1) is 20.5. The van der Waals surface area contributed by atoms with Crippen molar-refractivity contribution in [3.05, 3.63) is 51.6 Å². The summed E-state index contributed by atoms with van der Waals surface area (Å²) in [5.41, 5.74) is -2.04. The largest absolute Gasteiger partial charge is 0.507 e. The molecule has 1 heterocycles. The number of aromatic hydroxyl groups is 3. The van der Waals surface area contributed by atoms with Crippen molar-refractivity contribution >= 4 is 22.7 Å². The Morgan fingerprint density at radius 3 is 2.30 bits per heavy atom. The number of ether oxygens (including phenoxy) is 3. The Morgan fingerprint density at radius 1 is 0.967 bits per heavy atom. The first-order valence-corrected chi connectivity index (χ1v) is 8.38. The molecule has 0 aliphatic carbocycles. The van der Waals surface area contributed by atoms with Gasteiger partial charge in [0, 0.05) is 6.07 Å². The molecule has 10 heteroatoms. The Labute approximate surface area is 168 Å². The minimum absolute atomic E-state index is 0.0806. The van der Waals surface area contributed by atoms with Gasteiger partial charge in [-0.05, 0) is 30.5 Å². The fraction of sp³-hybridized carbons (Fsp3) is 0.150. The average molecular weight is 416 g/mol. The van der Waals surface area contributed by atoms with Gasteiger partial charge < -0.3 is 33.9 Å². The highest BCUT2D eigenvalue weighted by atomic mass is 16.6. The third kappa shape index (κ3) is 3.46. The summed E-state index contributed by atoms with van der Waals surface area (Å²) in [5, 5.41) is 30.6. The molecule has 3 aromatic rings. The predicted molar refractivity (Wildman–Crippen MR) is 102 cm³/mol. The number of phenolic OH excluding ortho intramolecular Hbond substituents is 3. The molecular formula is C20H16O10. The third-order valence-corrected chi connectivity index (χ3v) is 4.21. The number of esters is 2. The van der Waals surface area contributed by atoms with Gasteiger partial charge in [-0.25, -0.2) is 14.4 Å². The molecule has 0 fully saturated rings. The van der Waals surface area contributed by atoms with Crippen LogP contribution >= 0.6 is 0 Å². The van der Waals surface area contributed by atoms with Crippen LogP contribution in [0, 0.1) is 6.92 Å². The van der Waals surface area contributed by atoms with Crippen LogP contribution in [0.5, 0.6) is 28.7 Å². The van der Waals surface area contributed by atoms with Gasteiger partial charge in [0.05, 0.1) is 14.2 Å². The number of hydrogen-bond donors (Lipinski definition) is 3. The van der Waals surface area contributed by atoms with Crippen LogP contribution in [-0.4, -0.2) is 41.5 Å². The average Bonchev–Trinajstić information content (AvgIpc) is 2.67. The fourth-order valence-corrected chi connectivity index (χ4v) is 2.87. The Kier molecular flexibility index (Phi) is 5.24. The minimum Gasteiger partial charge on any atom is -0.507 e. The van der Waals surface area contributed by atoms with Crippen LogP contribution in [0.1, 0.15) is 26.5 Å². The molecule has 3 rings (SSSR count). The summed E-state index contributed by atoms with van der Waals surface area (Å²) in [7, 11) is 2.37. The van der Waals surface area contributed by atoms with Crippen molar-refractivity contribution in [3.8, 4) is 28.7 Å². The van der Waals surface area contributed by atoms with E-state index in [-0.39, 0.29) is 27.8 Å². The molecule has 10 nitrogen and oxygen atoms in total. The van der Waals surface area contributed by atoms with Gasteiger partial charge in [-0.3, -0.25) is 0 Å². The maximum absolute atomic E-state index is 12.7. The lowest BCUT2D eigenvalue weighted by molar-refractivity contribution is 0.0591. The second-order valence-electron chi connectivity index (χ2n) is 6.13. The van der Waals surface area contributed by atoms with E-state index in [2.05, 4.69) is 4.74 Å². The lowest BCUT2D eigenvalue weighted by Crippen LogP contribution is -2.14. The molecule has 0 saturated heterocycles. The van der Waals surface area contributed by atoms with E-state index in [1.54, 1.807) is 0 Å². The molecular weight excluding hydrogens is 400 g/mol. The number of benzene rings is 2. The van der Waals surface area contributed by atoms with Crippen LogP contribution < -0.4 is 15.1 Å². The highest BCUT2D eigenvalue weighted by molar-refractivity contribution is 6.05. The summed E-state index contributed by atoms with van der Waals surface area (Å²) in [5.74, 6) is -4.79. The molecule has 0 amide bonds. The summed E-state index contributed by atoms with van der Waals surface area (Å²) >= 11 is 0. The fourth-order valence-electron chi connectivity index (χ4n) is 2.87.